The van der Waals surface area contributed by atoms with Gasteiger partial charge in [-0.1, -0.05) is 6.92 Å². The van der Waals surface area contributed by atoms with Crippen LogP contribution in [0.2, 0.25) is 0 Å². The maximum Gasteiger partial charge on any atom is 0.239 e. The molecule has 2 aliphatic rings. The minimum Gasteiger partial charge on any atom is -0.337 e. The lowest BCUT2D eigenvalue weighted by atomic mass is 10.0. The molecule has 1 amide bonds. The van der Waals surface area contributed by atoms with Gasteiger partial charge in [-0.15, -0.1) is 0 Å². The maximum absolute atomic E-state index is 11.9. The average Bonchev–Trinajstić information content (AvgIpc) is 2.76. The van der Waals surface area contributed by atoms with Crippen molar-refractivity contribution in [3.05, 3.63) is 0 Å². The second-order valence-corrected chi connectivity index (χ2v) is 4.32. The smallest absolute Gasteiger partial charge is 0.239 e. The van der Waals surface area contributed by atoms with Crippen LogP contribution in [0.1, 0.15) is 19.8 Å². The number of nitrogens with two attached hydrogens (primary N) is 1. The molecule has 0 aromatic rings. The van der Waals surface area contributed by atoms with E-state index in [-0.39, 0.29) is 11.9 Å². The lowest BCUT2D eigenvalue weighted by Gasteiger charge is -2.25. The van der Waals surface area contributed by atoms with Gasteiger partial charge in [0.25, 0.3) is 0 Å². The Hall–Kier alpha value is -0.610. The van der Waals surface area contributed by atoms with E-state index >= 15 is 0 Å². The highest BCUT2D eigenvalue weighted by molar-refractivity contribution is 5.82. The Labute approximate surface area is 84.8 Å². The molecule has 1 unspecified atom stereocenters. The summed E-state index contributed by atoms with van der Waals surface area (Å²) in [5, 5.41) is 3.33. The molecule has 2 saturated heterocycles. The third-order valence-electron chi connectivity index (χ3n) is 3.49. The quantitative estimate of drug-likeness (QED) is 0.630. The van der Waals surface area contributed by atoms with E-state index in [1.807, 2.05) is 11.8 Å². The molecule has 2 heterocycles. The van der Waals surface area contributed by atoms with Crippen molar-refractivity contribution in [2.24, 2.45) is 11.7 Å². The van der Waals surface area contributed by atoms with Crippen LogP contribution < -0.4 is 11.1 Å². The Morgan fingerprint density at radius 2 is 2.43 bits per heavy atom. The number of carbonyl (C=O) groups excluding carboxylic acids is 1. The molecule has 2 fully saturated rings. The lowest BCUT2D eigenvalue weighted by Crippen LogP contribution is -2.47. The number of nitrogens with one attached hydrogen (secondary N) is 1. The van der Waals surface area contributed by atoms with Crippen LogP contribution in [0.25, 0.3) is 0 Å². The second kappa shape index (κ2) is 3.87. The molecule has 4 heteroatoms. The Morgan fingerprint density at radius 1 is 1.64 bits per heavy atom. The summed E-state index contributed by atoms with van der Waals surface area (Å²) >= 11 is 0. The molecule has 4 nitrogen and oxygen atoms in total. The van der Waals surface area contributed by atoms with Gasteiger partial charge >= 0.3 is 0 Å². The van der Waals surface area contributed by atoms with Crippen LogP contribution in [0.15, 0.2) is 0 Å². The lowest BCUT2D eigenvalue weighted by molar-refractivity contribution is -0.133. The van der Waals surface area contributed by atoms with Gasteiger partial charge in [-0.25, -0.2) is 0 Å². The number of hydrogen-bond acceptors (Lipinski definition) is 3. The summed E-state index contributed by atoms with van der Waals surface area (Å²) in [6.07, 6.45) is 1.87. The van der Waals surface area contributed by atoms with Gasteiger partial charge in [0.1, 0.15) is 0 Å². The molecule has 3 atom stereocenters. The van der Waals surface area contributed by atoms with E-state index in [1.165, 1.54) is 0 Å². The van der Waals surface area contributed by atoms with E-state index < -0.39 is 0 Å². The highest BCUT2D eigenvalue weighted by Crippen LogP contribution is 2.27. The summed E-state index contributed by atoms with van der Waals surface area (Å²) in [4.78, 5) is 13.9. The number of likely N-dealkylation sites (tertiary alicyclic amines) is 1. The van der Waals surface area contributed by atoms with E-state index in [0.29, 0.717) is 12.0 Å². The first kappa shape index (κ1) is 9.93. The molecule has 2 aliphatic heterocycles. The summed E-state index contributed by atoms with van der Waals surface area (Å²) in [7, 11) is 0. The van der Waals surface area contributed by atoms with Gasteiger partial charge < -0.3 is 16.0 Å². The van der Waals surface area contributed by atoms with Gasteiger partial charge in [0.15, 0.2) is 0 Å². The van der Waals surface area contributed by atoms with Crippen molar-refractivity contribution in [2.75, 3.05) is 19.6 Å². The standard InChI is InChI=1S/C10H19N3O/c1-2-8(11)10(14)13-4-3-7-5-12-6-9(7)13/h7-9,12H,2-6,11H2,1H3/t7-,8?,9+/m0/s1. The number of rotatable bonds is 2. The maximum atomic E-state index is 11.9. The van der Waals surface area contributed by atoms with Gasteiger partial charge in [-0.2, -0.15) is 0 Å². The normalized spacial score (nSPS) is 33.1. The fourth-order valence-electron chi connectivity index (χ4n) is 2.51. The van der Waals surface area contributed by atoms with Crippen LogP contribution >= 0.6 is 0 Å². The van der Waals surface area contributed by atoms with Crippen molar-refractivity contribution in [1.29, 1.82) is 0 Å². The van der Waals surface area contributed by atoms with Gasteiger partial charge in [-0.3, -0.25) is 4.79 Å². The van der Waals surface area contributed by atoms with Crippen LogP contribution in [0.3, 0.4) is 0 Å². The molecule has 0 bridgehead atoms. The first-order chi connectivity index (χ1) is 6.74. The van der Waals surface area contributed by atoms with Crippen molar-refractivity contribution in [3.8, 4) is 0 Å². The predicted octanol–water partition coefficient (Wildman–Crippen LogP) is -0.456. The Kier molecular flexibility index (Phi) is 2.74. The van der Waals surface area contributed by atoms with Crippen LogP contribution in [0.5, 0.6) is 0 Å². The first-order valence-electron chi connectivity index (χ1n) is 5.50. The fourth-order valence-corrected chi connectivity index (χ4v) is 2.51. The highest BCUT2D eigenvalue weighted by Gasteiger charge is 2.40. The van der Waals surface area contributed by atoms with Gasteiger partial charge in [0.2, 0.25) is 5.91 Å². The van der Waals surface area contributed by atoms with Crippen molar-refractivity contribution in [1.82, 2.24) is 10.2 Å². The van der Waals surface area contributed by atoms with Crippen LogP contribution in [-0.4, -0.2) is 42.5 Å². The summed E-state index contributed by atoms with van der Waals surface area (Å²) in [5.41, 5.74) is 5.77. The number of amides is 1. The zero-order valence-electron chi connectivity index (χ0n) is 8.70. The first-order valence-corrected chi connectivity index (χ1v) is 5.50. The third kappa shape index (κ3) is 1.53. The fraction of sp³-hybridized carbons (Fsp3) is 0.900. The molecule has 14 heavy (non-hydrogen) atoms. The van der Waals surface area contributed by atoms with Crippen molar-refractivity contribution in [3.63, 3.8) is 0 Å². The zero-order valence-corrected chi connectivity index (χ0v) is 8.70. The largest absolute Gasteiger partial charge is 0.337 e. The summed E-state index contributed by atoms with van der Waals surface area (Å²) < 4.78 is 0. The van der Waals surface area contributed by atoms with E-state index in [1.54, 1.807) is 0 Å². The molecule has 0 spiro atoms. The number of hydrogen-bond donors (Lipinski definition) is 2. The topological polar surface area (TPSA) is 58.4 Å². The van der Waals surface area contributed by atoms with Crippen LogP contribution in [-0.2, 0) is 4.79 Å². The van der Waals surface area contributed by atoms with E-state index in [2.05, 4.69) is 5.32 Å². The molecule has 3 N–H and O–H groups in total. The summed E-state index contributed by atoms with van der Waals surface area (Å²) in [6, 6.07) is 0.120. The second-order valence-electron chi connectivity index (χ2n) is 4.32. The summed E-state index contributed by atoms with van der Waals surface area (Å²) in [5.74, 6) is 0.812. The minimum atomic E-state index is -0.297. The number of fused-ring (bicyclic) bond motifs is 1. The molecule has 2 rings (SSSR count). The van der Waals surface area contributed by atoms with Crippen LogP contribution in [0.4, 0.5) is 0 Å². The molecule has 0 radical (unpaired) electrons. The zero-order chi connectivity index (χ0) is 10.1. The molecule has 0 aromatic heterocycles. The van der Waals surface area contributed by atoms with Crippen molar-refractivity contribution >= 4 is 5.91 Å². The van der Waals surface area contributed by atoms with E-state index in [9.17, 15) is 4.79 Å². The van der Waals surface area contributed by atoms with Gasteiger partial charge in [0, 0.05) is 25.7 Å². The summed E-state index contributed by atoms with van der Waals surface area (Å²) in [6.45, 7) is 4.88. The molecule has 0 aliphatic carbocycles. The van der Waals surface area contributed by atoms with Gasteiger partial charge in [-0.05, 0) is 18.8 Å². The molecule has 0 aromatic carbocycles. The molecule has 0 saturated carbocycles. The van der Waals surface area contributed by atoms with Crippen molar-refractivity contribution < 1.29 is 4.79 Å². The van der Waals surface area contributed by atoms with Gasteiger partial charge in [0.05, 0.1) is 6.04 Å². The average molecular weight is 197 g/mol. The Bertz CT molecular complexity index is 231. The monoisotopic (exact) mass is 197 g/mol. The predicted molar refractivity (Wildman–Crippen MR) is 54.7 cm³/mol. The third-order valence-corrected chi connectivity index (χ3v) is 3.49. The molecular formula is C10H19N3O. The number of carbonyl (C=O) groups is 1. The Balaban J connectivity index is 2.01. The van der Waals surface area contributed by atoms with E-state index in [4.69, 9.17) is 5.73 Å². The molecular weight excluding hydrogens is 178 g/mol. The minimum absolute atomic E-state index is 0.142. The Morgan fingerprint density at radius 3 is 3.14 bits per heavy atom. The van der Waals surface area contributed by atoms with Crippen molar-refractivity contribution in [2.45, 2.75) is 31.8 Å². The van der Waals surface area contributed by atoms with E-state index in [0.717, 1.165) is 32.5 Å². The molecule has 80 valence electrons. The highest BCUT2D eigenvalue weighted by atomic mass is 16.2. The number of nitrogens with zero attached hydrogens (tertiary/aromatic N) is 1. The SMILES string of the molecule is CCC(N)C(=O)N1CC[C@H]2CNC[C@H]21. The van der Waals surface area contributed by atoms with Crippen LogP contribution in [0, 0.1) is 5.92 Å².